The number of pyridine rings is 1. The molecule has 0 atom stereocenters. The number of nitrogen functional groups attached to an aromatic ring is 1. The van der Waals surface area contributed by atoms with E-state index in [-0.39, 0.29) is 17.1 Å². The smallest absolute Gasteiger partial charge is 0.150 e. The molecule has 0 bridgehead atoms. The number of aromatic nitrogens is 1. The van der Waals surface area contributed by atoms with E-state index in [1.807, 2.05) is 6.07 Å². The molecule has 0 aliphatic rings. The maximum atomic E-state index is 14.0. The zero-order valence-corrected chi connectivity index (χ0v) is 10.9. The monoisotopic (exact) mass is 276 g/mol. The zero-order valence-electron chi connectivity index (χ0n) is 10.9. The molecule has 0 aliphatic heterocycles. The lowest BCUT2D eigenvalue weighted by atomic mass is 10.1. The first kappa shape index (κ1) is 13.9. The first-order valence-corrected chi connectivity index (χ1v) is 5.92. The van der Waals surface area contributed by atoms with Crippen molar-refractivity contribution in [1.29, 1.82) is 5.41 Å². The van der Waals surface area contributed by atoms with Crippen LogP contribution in [0, 0.1) is 17.0 Å². The van der Waals surface area contributed by atoms with Gasteiger partial charge in [-0.05, 0) is 23.8 Å². The Morgan fingerprint density at radius 2 is 2.00 bits per heavy atom. The number of nitrogens with one attached hydrogen (secondary N) is 1. The lowest BCUT2D eigenvalue weighted by molar-refractivity contribution is 0.576. The summed E-state index contributed by atoms with van der Waals surface area (Å²) in [7, 11) is 1.59. The van der Waals surface area contributed by atoms with Crippen LogP contribution in [-0.2, 0) is 6.54 Å². The Balaban J connectivity index is 2.30. The van der Waals surface area contributed by atoms with Crippen LogP contribution in [-0.4, -0.2) is 17.9 Å². The van der Waals surface area contributed by atoms with Crippen LogP contribution in [0.2, 0.25) is 0 Å². The third-order valence-electron chi connectivity index (χ3n) is 2.85. The van der Waals surface area contributed by atoms with Crippen LogP contribution >= 0.6 is 0 Å². The summed E-state index contributed by atoms with van der Waals surface area (Å²) >= 11 is 0. The number of benzene rings is 1. The highest BCUT2D eigenvalue weighted by Gasteiger charge is 2.16. The van der Waals surface area contributed by atoms with Crippen LogP contribution in [0.1, 0.15) is 11.1 Å². The third kappa shape index (κ3) is 2.90. The molecule has 0 unspecified atom stereocenters. The molecule has 2 aromatic rings. The molecule has 0 amide bonds. The van der Waals surface area contributed by atoms with Crippen LogP contribution in [0.25, 0.3) is 0 Å². The molecule has 20 heavy (non-hydrogen) atoms. The molecule has 0 fully saturated rings. The average molecular weight is 276 g/mol. The van der Waals surface area contributed by atoms with Crippen molar-refractivity contribution in [3.05, 3.63) is 59.4 Å². The topological polar surface area (TPSA) is 66.0 Å². The van der Waals surface area contributed by atoms with Crippen LogP contribution < -0.4 is 10.6 Å². The molecule has 1 aromatic carbocycles. The number of anilines is 1. The summed E-state index contributed by atoms with van der Waals surface area (Å²) in [4.78, 5) is 5.40. The van der Waals surface area contributed by atoms with E-state index < -0.39 is 11.6 Å². The van der Waals surface area contributed by atoms with Gasteiger partial charge in [-0.1, -0.05) is 6.07 Å². The molecule has 104 valence electrons. The number of rotatable bonds is 4. The number of nitrogens with zero attached hydrogens (tertiary/aromatic N) is 2. The van der Waals surface area contributed by atoms with Gasteiger partial charge in [-0.25, -0.2) is 8.78 Å². The highest BCUT2D eigenvalue weighted by molar-refractivity contribution is 5.95. The summed E-state index contributed by atoms with van der Waals surface area (Å²) < 4.78 is 27.9. The number of halogens is 2. The summed E-state index contributed by atoms with van der Waals surface area (Å²) in [6.45, 7) is 0.321. The van der Waals surface area contributed by atoms with E-state index in [4.69, 9.17) is 11.1 Å². The molecule has 1 aromatic heterocycles. The summed E-state index contributed by atoms with van der Waals surface area (Å²) in [6.07, 6.45) is 3.27. The van der Waals surface area contributed by atoms with Gasteiger partial charge in [0.05, 0.1) is 0 Å². The normalized spacial score (nSPS) is 10.3. The van der Waals surface area contributed by atoms with Gasteiger partial charge in [-0.3, -0.25) is 10.4 Å². The molecule has 0 spiro atoms. The van der Waals surface area contributed by atoms with Gasteiger partial charge in [0, 0.05) is 31.5 Å². The second kappa shape index (κ2) is 5.64. The second-order valence-electron chi connectivity index (χ2n) is 4.42. The minimum absolute atomic E-state index is 0.0264. The quantitative estimate of drug-likeness (QED) is 0.665. The van der Waals surface area contributed by atoms with Gasteiger partial charge in [0.1, 0.15) is 23.2 Å². The van der Waals surface area contributed by atoms with E-state index in [1.54, 1.807) is 25.5 Å². The fourth-order valence-electron chi connectivity index (χ4n) is 1.93. The van der Waals surface area contributed by atoms with Crippen molar-refractivity contribution >= 4 is 11.5 Å². The highest BCUT2D eigenvalue weighted by atomic mass is 19.1. The van der Waals surface area contributed by atoms with E-state index in [1.165, 1.54) is 4.90 Å². The fourth-order valence-corrected chi connectivity index (χ4v) is 1.93. The van der Waals surface area contributed by atoms with Crippen molar-refractivity contribution in [2.75, 3.05) is 11.9 Å². The molecular formula is C14H14F2N4. The third-order valence-corrected chi connectivity index (χ3v) is 2.85. The Bertz CT molecular complexity index is 605. The standard InChI is InChI=1S/C14H14F2N4/c1-20(8-9-3-2-4-19-7-9)13-11(15)5-10(14(17)18)6-12(13)16/h2-7H,8H2,1H3,(H3,17,18). The molecule has 1 heterocycles. The average Bonchev–Trinajstić information content (AvgIpc) is 2.38. The van der Waals surface area contributed by atoms with Crippen LogP contribution in [0.3, 0.4) is 0 Å². The summed E-state index contributed by atoms with van der Waals surface area (Å²) in [5.41, 5.74) is 5.94. The largest absolute Gasteiger partial charge is 0.384 e. The number of amidine groups is 1. The first-order valence-electron chi connectivity index (χ1n) is 5.92. The van der Waals surface area contributed by atoms with Gasteiger partial charge < -0.3 is 10.6 Å². The van der Waals surface area contributed by atoms with Crippen molar-refractivity contribution < 1.29 is 8.78 Å². The van der Waals surface area contributed by atoms with Crippen LogP contribution in [0.5, 0.6) is 0 Å². The van der Waals surface area contributed by atoms with E-state index in [0.29, 0.717) is 6.54 Å². The molecule has 0 radical (unpaired) electrons. The predicted octanol–water partition coefficient (Wildman–Crippen LogP) is 2.28. The fraction of sp³-hybridized carbons (Fsp3) is 0.143. The van der Waals surface area contributed by atoms with Crippen molar-refractivity contribution in [2.45, 2.75) is 6.54 Å². The number of nitrogens with two attached hydrogens (primary N) is 1. The van der Waals surface area contributed by atoms with Gasteiger partial charge in [-0.2, -0.15) is 0 Å². The summed E-state index contributed by atoms with van der Waals surface area (Å²) in [6, 6.07) is 5.69. The van der Waals surface area contributed by atoms with Crippen LogP contribution in [0.4, 0.5) is 14.5 Å². The predicted molar refractivity (Wildman–Crippen MR) is 73.7 cm³/mol. The maximum Gasteiger partial charge on any atom is 0.150 e. The van der Waals surface area contributed by atoms with Crippen molar-refractivity contribution in [3.8, 4) is 0 Å². The van der Waals surface area contributed by atoms with Crippen molar-refractivity contribution in [2.24, 2.45) is 5.73 Å². The number of hydrogen-bond donors (Lipinski definition) is 2. The molecule has 0 saturated heterocycles. The van der Waals surface area contributed by atoms with E-state index in [9.17, 15) is 8.78 Å². The Labute approximate surface area is 115 Å². The van der Waals surface area contributed by atoms with E-state index in [2.05, 4.69) is 4.98 Å². The minimum atomic E-state index is -0.749. The number of hydrogen-bond acceptors (Lipinski definition) is 3. The van der Waals surface area contributed by atoms with Crippen molar-refractivity contribution in [1.82, 2.24) is 4.98 Å². The SMILES string of the molecule is CN(Cc1cccnc1)c1c(F)cc(C(=N)N)cc1F. The maximum absolute atomic E-state index is 14.0. The molecule has 0 aliphatic carbocycles. The summed E-state index contributed by atoms with van der Waals surface area (Å²) in [5.74, 6) is -1.87. The molecule has 0 saturated carbocycles. The first-order chi connectivity index (χ1) is 9.49. The highest BCUT2D eigenvalue weighted by Crippen LogP contribution is 2.25. The van der Waals surface area contributed by atoms with E-state index in [0.717, 1.165) is 17.7 Å². The van der Waals surface area contributed by atoms with Gasteiger partial charge >= 0.3 is 0 Å². The molecular weight excluding hydrogens is 262 g/mol. The Morgan fingerprint density at radius 3 is 2.50 bits per heavy atom. The van der Waals surface area contributed by atoms with E-state index >= 15 is 0 Å². The lowest BCUT2D eigenvalue weighted by Gasteiger charge is -2.21. The zero-order chi connectivity index (χ0) is 14.7. The Kier molecular flexibility index (Phi) is 3.93. The molecule has 6 heteroatoms. The molecule has 4 nitrogen and oxygen atoms in total. The van der Waals surface area contributed by atoms with Gasteiger partial charge in [0.15, 0.2) is 0 Å². The minimum Gasteiger partial charge on any atom is -0.384 e. The van der Waals surface area contributed by atoms with Gasteiger partial charge in [-0.15, -0.1) is 0 Å². The summed E-state index contributed by atoms with van der Waals surface area (Å²) in [5, 5.41) is 7.21. The lowest BCUT2D eigenvalue weighted by Crippen LogP contribution is -2.20. The Morgan fingerprint density at radius 1 is 1.35 bits per heavy atom. The van der Waals surface area contributed by atoms with Gasteiger partial charge in [0.2, 0.25) is 0 Å². The van der Waals surface area contributed by atoms with Crippen LogP contribution in [0.15, 0.2) is 36.7 Å². The Hall–Kier alpha value is -2.50. The molecule has 3 N–H and O–H groups in total. The van der Waals surface area contributed by atoms with Crippen molar-refractivity contribution in [3.63, 3.8) is 0 Å². The van der Waals surface area contributed by atoms with Gasteiger partial charge in [0.25, 0.3) is 0 Å². The molecule has 2 rings (SSSR count). The second-order valence-corrected chi connectivity index (χ2v) is 4.42.